The molecule has 0 bridgehead atoms. The van der Waals surface area contributed by atoms with Gasteiger partial charge in [-0.3, -0.25) is 4.79 Å². The van der Waals surface area contributed by atoms with Crippen molar-refractivity contribution >= 4 is 33.3 Å². The van der Waals surface area contributed by atoms with Crippen LogP contribution in [0.1, 0.15) is 5.56 Å². The molecular weight excluding hydrogens is 338 g/mol. The minimum atomic E-state index is -3.72. The molecule has 0 aliphatic rings. The Bertz CT molecular complexity index is 790. The predicted octanol–water partition coefficient (Wildman–Crippen LogP) is 2.30. The molecule has 0 aliphatic heterocycles. The Morgan fingerprint density at radius 2 is 1.87 bits per heavy atom. The lowest BCUT2D eigenvalue weighted by Crippen LogP contribution is -2.35. The van der Waals surface area contributed by atoms with Gasteiger partial charge in [-0.1, -0.05) is 29.3 Å². The molecule has 0 fully saturated rings. The summed E-state index contributed by atoms with van der Waals surface area (Å²) in [6.45, 7) is 1.55. The maximum atomic E-state index is 12.4. The first kappa shape index (κ1) is 17.4. The van der Waals surface area contributed by atoms with Crippen LogP contribution in [0.3, 0.4) is 0 Å². The van der Waals surface area contributed by atoms with E-state index in [9.17, 15) is 13.2 Å². The minimum absolute atomic E-state index is 0.142. The molecule has 23 heavy (non-hydrogen) atoms. The van der Waals surface area contributed by atoms with Gasteiger partial charge in [0.2, 0.25) is 15.9 Å². The maximum Gasteiger partial charge on any atom is 0.243 e. The number of hydrogen-bond donors (Lipinski definition) is 1. The van der Waals surface area contributed by atoms with Crippen LogP contribution in [-0.4, -0.2) is 37.2 Å². The van der Waals surface area contributed by atoms with Crippen molar-refractivity contribution in [1.82, 2.24) is 9.29 Å². The van der Waals surface area contributed by atoms with Crippen LogP contribution < -0.4 is 5.32 Å². The van der Waals surface area contributed by atoms with Crippen molar-refractivity contribution in [3.63, 3.8) is 0 Å². The number of aryl methyl sites for hydroxylation is 1. The van der Waals surface area contributed by atoms with E-state index in [0.29, 0.717) is 10.8 Å². The lowest BCUT2D eigenvalue weighted by Gasteiger charge is -2.16. The molecule has 6 nitrogen and oxygen atoms in total. The van der Waals surface area contributed by atoms with Gasteiger partial charge in [-0.25, -0.2) is 13.4 Å². The van der Waals surface area contributed by atoms with Crippen molar-refractivity contribution in [2.45, 2.75) is 11.8 Å². The van der Waals surface area contributed by atoms with Crippen molar-refractivity contribution in [1.29, 1.82) is 0 Å². The first-order valence-corrected chi connectivity index (χ1v) is 8.55. The van der Waals surface area contributed by atoms with Gasteiger partial charge in [0.05, 0.1) is 16.5 Å². The lowest BCUT2D eigenvalue weighted by molar-refractivity contribution is -0.116. The summed E-state index contributed by atoms with van der Waals surface area (Å²) in [5.74, 6) is -0.182. The summed E-state index contributed by atoms with van der Waals surface area (Å²) in [4.78, 5) is 16.0. The highest BCUT2D eigenvalue weighted by molar-refractivity contribution is 7.89. The molecule has 122 valence electrons. The fraction of sp³-hybridized carbons (Fsp3) is 0.200. The first-order chi connectivity index (χ1) is 10.8. The third kappa shape index (κ3) is 4.51. The van der Waals surface area contributed by atoms with Gasteiger partial charge in [0.25, 0.3) is 0 Å². The van der Waals surface area contributed by atoms with Crippen LogP contribution in [0.5, 0.6) is 0 Å². The largest absolute Gasteiger partial charge is 0.310 e. The highest BCUT2D eigenvalue weighted by Gasteiger charge is 2.22. The molecule has 1 aromatic carbocycles. The van der Waals surface area contributed by atoms with E-state index in [-0.39, 0.29) is 11.4 Å². The highest BCUT2D eigenvalue weighted by atomic mass is 35.5. The Morgan fingerprint density at radius 1 is 1.22 bits per heavy atom. The standard InChI is InChI=1S/C15H16ClN3O3S/c1-11-3-6-13(7-4-11)23(21,22)19(2)10-15(20)18-14-8-5-12(16)9-17-14/h3-9H,10H2,1-2H3,(H,17,18,20). The van der Waals surface area contributed by atoms with Crippen LogP contribution >= 0.6 is 11.6 Å². The summed E-state index contributed by atoms with van der Waals surface area (Å²) in [7, 11) is -2.37. The number of hydrogen-bond acceptors (Lipinski definition) is 4. The number of nitrogens with one attached hydrogen (secondary N) is 1. The van der Waals surface area contributed by atoms with E-state index < -0.39 is 15.9 Å². The molecule has 0 saturated carbocycles. The quantitative estimate of drug-likeness (QED) is 0.894. The van der Waals surface area contributed by atoms with E-state index in [0.717, 1.165) is 9.87 Å². The van der Waals surface area contributed by atoms with Crippen LogP contribution in [0.15, 0.2) is 47.5 Å². The summed E-state index contributed by atoms with van der Waals surface area (Å²) >= 11 is 5.71. The zero-order valence-corrected chi connectivity index (χ0v) is 14.2. The summed E-state index contributed by atoms with van der Waals surface area (Å²) in [6, 6.07) is 9.56. The third-order valence-corrected chi connectivity index (χ3v) is 5.13. The number of amides is 1. The van der Waals surface area contributed by atoms with E-state index in [1.807, 2.05) is 6.92 Å². The number of anilines is 1. The normalized spacial score (nSPS) is 11.5. The fourth-order valence-electron chi connectivity index (χ4n) is 1.81. The van der Waals surface area contributed by atoms with E-state index in [1.54, 1.807) is 18.2 Å². The Kier molecular flexibility index (Phi) is 5.35. The van der Waals surface area contributed by atoms with E-state index in [1.165, 1.54) is 31.4 Å². The number of benzene rings is 1. The third-order valence-electron chi connectivity index (χ3n) is 3.09. The molecule has 1 heterocycles. The maximum absolute atomic E-state index is 12.4. The average molecular weight is 354 g/mol. The van der Waals surface area contributed by atoms with Gasteiger partial charge in [-0.2, -0.15) is 4.31 Å². The molecule has 1 N–H and O–H groups in total. The highest BCUT2D eigenvalue weighted by Crippen LogP contribution is 2.15. The van der Waals surface area contributed by atoms with Crippen LogP contribution in [0.2, 0.25) is 5.02 Å². The van der Waals surface area contributed by atoms with Gasteiger partial charge in [0.1, 0.15) is 5.82 Å². The lowest BCUT2D eigenvalue weighted by atomic mass is 10.2. The number of sulfonamides is 1. The van der Waals surface area contributed by atoms with Crippen LogP contribution in [0, 0.1) is 6.92 Å². The zero-order chi connectivity index (χ0) is 17.0. The second-order valence-corrected chi connectivity index (χ2v) is 7.47. The molecular formula is C15H16ClN3O3S. The van der Waals surface area contributed by atoms with Crippen molar-refractivity contribution in [3.8, 4) is 0 Å². The Labute approximate surface area is 140 Å². The first-order valence-electron chi connectivity index (χ1n) is 6.73. The monoisotopic (exact) mass is 353 g/mol. The number of likely N-dealkylation sites (N-methyl/N-ethyl adjacent to an activating group) is 1. The van der Waals surface area contributed by atoms with Crippen LogP contribution in [0.25, 0.3) is 0 Å². The zero-order valence-electron chi connectivity index (χ0n) is 12.7. The van der Waals surface area contributed by atoms with Crippen LogP contribution in [0.4, 0.5) is 5.82 Å². The summed E-state index contributed by atoms with van der Waals surface area (Å²) < 4.78 is 25.8. The average Bonchev–Trinajstić information content (AvgIpc) is 2.50. The molecule has 1 amide bonds. The molecule has 0 radical (unpaired) electrons. The van der Waals surface area contributed by atoms with Gasteiger partial charge < -0.3 is 5.32 Å². The van der Waals surface area contributed by atoms with Gasteiger partial charge in [0.15, 0.2) is 0 Å². The SMILES string of the molecule is Cc1ccc(S(=O)(=O)N(C)CC(=O)Nc2ccc(Cl)cn2)cc1. The smallest absolute Gasteiger partial charge is 0.243 e. The minimum Gasteiger partial charge on any atom is -0.310 e. The van der Waals surface area contributed by atoms with E-state index in [4.69, 9.17) is 11.6 Å². The Balaban J connectivity index is 2.05. The summed E-state index contributed by atoms with van der Waals surface area (Å²) in [5, 5.41) is 2.96. The number of rotatable bonds is 5. The number of nitrogens with zero attached hydrogens (tertiary/aromatic N) is 2. The van der Waals surface area contributed by atoms with Gasteiger partial charge in [0, 0.05) is 13.2 Å². The molecule has 2 rings (SSSR count). The molecule has 0 atom stereocenters. The van der Waals surface area contributed by atoms with Gasteiger partial charge >= 0.3 is 0 Å². The second kappa shape index (κ2) is 7.08. The topological polar surface area (TPSA) is 79.4 Å². The van der Waals surface area contributed by atoms with E-state index >= 15 is 0 Å². The number of carbonyl (C=O) groups is 1. The summed E-state index contributed by atoms with van der Waals surface area (Å²) in [5.41, 5.74) is 0.957. The molecule has 0 aliphatic carbocycles. The molecule has 8 heteroatoms. The Morgan fingerprint density at radius 3 is 2.43 bits per heavy atom. The molecule has 0 unspecified atom stereocenters. The van der Waals surface area contributed by atoms with Gasteiger partial charge in [-0.05, 0) is 31.2 Å². The molecule has 1 aromatic heterocycles. The summed E-state index contributed by atoms with van der Waals surface area (Å²) in [6.07, 6.45) is 1.39. The molecule has 0 spiro atoms. The number of carbonyl (C=O) groups excluding carboxylic acids is 1. The number of halogens is 1. The van der Waals surface area contributed by atoms with E-state index in [2.05, 4.69) is 10.3 Å². The van der Waals surface area contributed by atoms with Crippen LogP contribution in [-0.2, 0) is 14.8 Å². The number of pyridine rings is 1. The van der Waals surface area contributed by atoms with Crippen molar-refractivity contribution in [2.75, 3.05) is 18.9 Å². The van der Waals surface area contributed by atoms with Crippen molar-refractivity contribution < 1.29 is 13.2 Å². The fourth-order valence-corrected chi connectivity index (χ4v) is 3.05. The van der Waals surface area contributed by atoms with Crippen molar-refractivity contribution in [2.24, 2.45) is 0 Å². The number of aromatic nitrogens is 1. The van der Waals surface area contributed by atoms with Gasteiger partial charge in [-0.15, -0.1) is 0 Å². The Hall–Kier alpha value is -1.96. The predicted molar refractivity (Wildman–Crippen MR) is 88.9 cm³/mol. The van der Waals surface area contributed by atoms with Crippen molar-refractivity contribution in [3.05, 3.63) is 53.2 Å². The molecule has 0 saturated heterocycles. The molecule has 2 aromatic rings. The second-order valence-electron chi connectivity index (χ2n) is 4.98.